The van der Waals surface area contributed by atoms with E-state index in [4.69, 9.17) is 0 Å². The molecule has 3 aromatic heterocycles. The molecule has 122 valence electrons. The minimum atomic E-state index is 0.108. The summed E-state index contributed by atoms with van der Waals surface area (Å²) in [4.78, 5) is 18.2. The maximum absolute atomic E-state index is 12.3. The van der Waals surface area contributed by atoms with Crippen molar-refractivity contribution in [2.75, 3.05) is 5.75 Å². The lowest BCUT2D eigenvalue weighted by atomic mass is 10.2. The van der Waals surface area contributed by atoms with Gasteiger partial charge in [-0.15, -0.1) is 28.1 Å². The first kappa shape index (κ1) is 16.6. The highest BCUT2D eigenvalue weighted by Gasteiger charge is 2.16. The van der Waals surface area contributed by atoms with Gasteiger partial charge in [0.05, 0.1) is 10.6 Å². The molecule has 0 saturated carbocycles. The summed E-state index contributed by atoms with van der Waals surface area (Å²) in [7, 11) is 0. The minimum absolute atomic E-state index is 0.108. The van der Waals surface area contributed by atoms with Gasteiger partial charge in [0.2, 0.25) is 0 Å². The fourth-order valence-corrected chi connectivity index (χ4v) is 3.92. The van der Waals surface area contributed by atoms with Gasteiger partial charge in [0.1, 0.15) is 0 Å². The molecular weight excluding hydrogens is 340 g/mol. The summed E-state index contributed by atoms with van der Waals surface area (Å²) in [6, 6.07) is 7.61. The van der Waals surface area contributed by atoms with Crippen LogP contribution in [0.5, 0.6) is 0 Å². The summed E-state index contributed by atoms with van der Waals surface area (Å²) < 4.78 is 1.96. The molecule has 0 aliphatic heterocycles. The Labute approximate surface area is 148 Å². The Kier molecular flexibility index (Phi) is 5.22. The van der Waals surface area contributed by atoms with Crippen LogP contribution in [0.4, 0.5) is 0 Å². The maximum atomic E-state index is 12.3. The summed E-state index contributed by atoms with van der Waals surface area (Å²) >= 11 is 2.92. The second-order valence-electron chi connectivity index (χ2n) is 5.06. The highest BCUT2D eigenvalue weighted by Crippen LogP contribution is 2.25. The molecule has 5 nitrogen and oxygen atoms in total. The summed E-state index contributed by atoms with van der Waals surface area (Å²) in [5.41, 5.74) is 0.936. The van der Waals surface area contributed by atoms with Gasteiger partial charge in [0, 0.05) is 29.4 Å². The fraction of sp³-hybridized carbons (Fsp3) is 0.176. The number of thiophene rings is 1. The number of carbonyl (C=O) groups excluding carboxylic acids is 1. The van der Waals surface area contributed by atoms with Crippen LogP contribution in [-0.2, 0) is 6.54 Å². The predicted molar refractivity (Wildman–Crippen MR) is 97.6 cm³/mol. The molecule has 7 heteroatoms. The zero-order chi connectivity index (χ0) is 16.9. The van der Waals surface area contributed by atoms with Gasteiger partial charge in [-0.25, -0.2) is 0 Å². The van der Waals surface area contributed by atoms with Crippen LogP contribution < -0.4 is 0 Å². The Morgan fingerprint density at radius 1 is 1.29 bits per heavy atom. The molecule has 0 spiro atoms. The first-order chi connectivity index (χ1) is 11.7. The highest BCUT2D eigenvalue weighted by molar-refractivity contribution is 7.99. The van der Waals surface area contributed by atoms with Crippen molar-refractivity contribution >= 4 is 28.9 Å². The third-order valence-corrected chi connectivity index (χ3v) is 5.32. The second kappa shape index (κ2) is 7.55. The molecule has 0 amide bonds. The van der Waals surface area contributed by atoms with E-state index in [-0.39, 0.29) is 5.78 Å². The van der Waals surface area contributed by atoms with E-state index in [1.54, 1.807) is 18.5 Å². The Morgan fingerprint density at radius 3 is 2.75 bits per heavy atom. The van der Waals surface area contributed by atoms with Crippen LogP contribution in [-0.4, -0.2) is 31.3 Å². The zero-order valence-electron chi connectivity index (χ0n) is 13.2. The lowest BCUT2D eigenvalue weighted by molar-refractivity contribution is 0.102. The van der Waals surface area contributed by atoms with Crippen LogP contribution in [0.2, 0.25) is 0 Å². The van der Waals surface area contributed by atoms with E-state index in [9.17, 15) is 4.79 Å². The molecule has 0 aliphatic rings. The average molecular weight is 356 g/mol. The first-order valence-electron chi connectivity index (χ1n) is 7.36. The smallest absolute Gasteiger partial charge is 0.192 e. The van der Waals surface area contributed by atoms with Crippen LogP contribution in [0.25, 0.3) is 11.4 Å². The topological polar surface area (TPSA) is 60.7 Å². The maximum Gasteiger partial charge on any atom is 0.192 e. The first-order valence-corrected chi connectivity index (χ1v) is 9.16. The van der Waals surface area contributed by atoms with Crippen molar-refractivity contribution in [1.29, 1.82) is 0 Å². The van der Waals surface area contributed by atoms with Crippen LogP contribution in [0.3, 0.4) is 0 Å². The fourth-order valence-electron chi connectivity index (χ4n) is 2.19. The van der Waals surface area contributed by atoms with Gasteiger partial charge in [-0.05, 0) is 31.2 Å². The second-order valence-corrected chi connectivity index (χ2v) is 7.29. The Balaban J connectivity index is 1.79. The van der Waals surface area contributed by atoms with Crippen LogP contribution in [0.1, 0.15) is 14.5 Å². The standard InChI is InChI=1S/C17H16N4OS2/c1-3-10-21-16(13-6-8-18-9-7-13)19-20-17(21)23-11-14(22)15-5-4-12(2)24-15/h3-9H,1,10-11H2,2H3. The monoisotopic (exact) mass is 356 g/mol. The Morgan fingerprint density at radius 2 is 2.08 bits per heavy atom. The number of thioether (sulfide) groups is 1. The molecule has 0 unspecified atom stereocenters. The van der Waals surface area contributed by atoms with Gasteiger partial charge >= 0.3 is 0 Å². The molecule has 3 aromatic rings. The van der Waals surface area contributed by atoms with Gasteiger partial charge < -0.3 is 0 Å². The van der Waals surface area contributed by atoms with Crippen molar-refractivity contribution < 1.29 is 4.79 Å². The Hall–Kier alpha value is -2.25. The molecule has 0 N–H and O–H groups in total. The number of hydrogen-bond acceptors (Lipinski definition) is 6. The number of aromatic nitrogens is 4. The number of hydrogen-bond donors (Lipinski definition) is 0. The van der Waals surface area contributed by atoms with Gasteiger partial charge in [0.25, 0.3) is 0 Å². The van der Waals surface area contributed by atoms with Crippen LogP contribution in [0, 0.1) is 6.92 Å². The Bertz CT molecular complexity index is 855. The van der Waals surface area contributed by atoms with Crippen molar-refractivity contribution in [1.82, 2.24) is 19.7 Å². The quantitative estimate of drug-likeness (QED) is 0.365. The van der Waals surface area contributed by atoms with E-state index in [2.05, 4.69) is 21.8 Å². The van der Waals surface area contributed by atoms with E-state index in [0.717, 1.165) is 21.1 Å². The molecule has 0 fully saturated rings. The summed E-state index contributed by atoms with van der Waals surface area (Å²) in [5.74, 6) is 1.20. The van der Waals surface area contributed by atoms with Gasteiger partial charge in [-0.2, -0.15) is 0 Å². The van der Waals surface area contributed by atoms with Crippen molar-refractivity contribution in [3.63, 3.8) is 0 Å². The van der Waals surface area contributed by atoms with Crippen LogP contribution >= 0.6 is 23.1 Å². The molecular formula is C17H16N4OS2. The molecule has 0 saturated heterocycles. The normalized spacial score (nSPS) is 10.7. The van der Waals surface area contributed by atoms with Crippen molar-refractivity contribution in [2.24, 2.45) is 0 Å². The van der Waals surface area contributed by atoms with E-state index in [1.807, 2.05) is 35.8 Å². The molecule has 3 rings (SSSR count). The third-order valence-electron chi connectivity index (χ3n) is 3.31. The summed E-state index contributed by atoms with van der Waals surface area (Å²) in [6.07, 6.45) is 5.23. The summed E-state index contributed by atoms with van der Waals surface area (Å²) in [5, 5.41) is 9.22. The number of ketones is 1. The third kappa shape index (κ3) is 3.63. The number of Topliss-reactive ketones (excluding diaryl/α,β-unsaturated/α-hetero) is 1. The molecule has 0 radical (unpaired) electrons. The van der Waals surface area contributed by atoms with Crippen LogP contribution in [0.15, 0.2) is 54.5 Å². The van der Waals surface area contributed by atoms with Crippen molar-refractivity contribution in [2.45, 2.75) is 18.6 Å². The molecule has 0 bridgehead atoms. The molecule has 24 heavy (non-hydrogen) atoms. The average Bonchev–Trinajstić information content (AvgIpc) is 3.20. The minimum Gasteiger partial charge on any atom is -0.298 e. The van der Waals surface area contributed by atoms with E-state index in [0.29, 0.717) is 17.5 Å². The summed E-state index contributed by atoms with van der Waals surface area (Å²) in [6.45, 7) is 6.37. The van der Waals surface area contributed by atoms with Crippen molar-refractivity contribution in [3.8, 4) is 11.4 Å². The zero-order valence-corrected chi connectivity index (χ0v) is 14.8. The molecule has 0 aromatic carbocycles. The molecule has 0 aliphatic carbocycles. The lowest BCUT2D eigenvalue weighted by Crippen LogP contribution is -2.04. The molecule has 3 heterocycles. The number of allylic oxidation sites excluding steroid dienone is 1. The van der Waals surface area contributed by atoms with Gasteiger partial charge in [0.15, 0.2) is 16.8 Å². The molecule has 0 atom stereocenters. The number of carbonyl (C=O) groups is 1. The van der Waals surface area contributed by atoms with E-state index >= 15 is 0 Å². The number of aryl methyl sites for hydroxylation is 1. The number of rotatable bonds is 7. The largest absolute Gasteiger partial charge is 0.298 e. The van der Waals surface area contributed by atoms with E-state index in [1.165, 1.54) is 23.1 Å². The van der Waals surface area contributed by atoms with Crippen molar-refractivity contribution in [3.05, 3.63) is 59.1 Å². The highest BCUT2D eigenvalue weighted by atomic mass is 32.2. The van der Waals surface area contributed by atoms with Gasteiger partial charge in [-0.3, -0.25) is 14.3 Å². The van der Waals surface area contributed by atoms with E-state index < -0.39 is 0 Å². The number of nitrogens with zero attached hydrogens (tertiary/aromatic N) is 4. The SMILES string of the molecule is C=CCn1c(SCC(=O)c2ccc(C)s2)nnc1-c1ccncc1. The number of pyridine rings is 1. The lowest BCUT2D eigenvalue weighted by Gasteiger charge is -2.07. The van der Waals surface area contributed by atoms with Gasteiger partial charge in [-0.1, -0.05) is 17.8 Å². The predicted octanol–water partition coefficient (Wildman–Crippen LogP) is 3.87.